The Morgan fingerprint density at radius 2 is 2.17 bits per heavy atom. The molecule has 23 heavy (non-hydrogen) atoms. The third-order valence-electron chi connectivity index (χ3n) is 3.69. The molecule has 1 unspecified atom stereocenters. The Hall–Kier alpha value is -2.71. The van der Waals surface area contributed by atoms with Crippen LogP contribution in [0.5, 0.6) is 0 Å². The summed E-state index contributed by atoms with van der Waals surface area (Å²) in [7, 11) is 0. The van der Waals surface area contributed by atoms with Crippen molar-refractivity contribution in [2.45, 2.75) is 46.8 Å². The van der Waals surface area contributed by atoms with Crippen molar-refractivity contribution in [3.63, 3.8) is 0 Å². The molecule has 0 radical (unpaired) electrons. The highest BCUT2D eigenvalue weighted by Crippen LogP contribution is 2.24. The van der Waals surface area contributed by atoms with E-state index in [1.807, 2.05) is 13.1 Å². The topological polar surface area (TPSA) is 108 Å². The molecule has 1 amide bonds. The number of amides is 1. The predicted molar refractivity (Wildman–Crippen MR) is 82.8 cm³/mol. The van der Waals surface area contributed by atoms with E-state index in [1.165, 1.54) is 4.68 Å². The van der Waals surface area contributed by atoms with Gasteiger partial charge in [-0.2, -0.15) is 10.2 Å². The minimum atomic E-state index is -0.636. The minimum absolute atomic E-state index is 0.0473. The Morgan fingerprint density at radius 1 is 1.48 bits per heavy atom. The van der Waals surface area contributed by atoms with Crippen LogP contribution in [0.3, 0.4) is 0 Å². The van der Waals surface area contributed by atoms with Gasteiger partial charge in [0.15, 0.2) is 0 Å². The number of carbonyl (C=O) groups is 1. The van der Waals surface area contributed by atoms with Crippen LogP contribution in [0, 0.1) is 24.0 Å². The Balaban J connectivity index is 2.08. The molecule has 1 atom stereocenters. The molecule has 1 N–H and O–H groups in total. The van der Waals surface area contributed by atoms with E-state index >= 15 is 0 Å². The highest BCUT2D eigenvalue weighted by molar-refractivity contribution is 5.80. The second-order valence-electron chi connectivity index (χ2n) is 5.32. The van der Waals surface area contributed by atoms with Crippen LogP contribution in [0.15, 0.2) is 12.4 Å². The fraction of sp³-hybridized carbons (Fsp3) is 0.500. The van der Waals surface area contributed by atoms with Crippen LogP contribution in [0.2, 0.25) is 0 Å². The number of nitro groups is 1. The first-order valence-electron chi connectivity index (χ1n) is 7.34. The lowest BCUT2D eigenvalue weighted by Gasteiger charge is -2.13. The van der Waals surface area contributed by atoms with Crippen molar-refractivity contribution >= 4 is 11.6 Å². The van der Waals surface area contributed by atoms with Crippen molar-refractivity contribution in [2.24, 2.45) is 0 Å². The van der Waals surface area contributed by atoms with Gasteiger partial charge >= 0.3 is 5.69 Å². The molecule has 0 spiro atoms. The summed E-state index contributed by atoms with van der Waals surface area (Å²) >= 11 is 0. The van der Waals surface area contributed by atoms with Gasteiger partial charge in [-0.1, -0.05) is 0 Å². The average molecular weight is 320 g/mol. The van der Waals surface area contributed by atoms with Crippen LogP contribution in [0.25, 0.3) is 0 Å². The maximum Gasteiger partial charge on any atom is 0.312 e. The van der Waals surface area contributed by atoms with Crippen molar-refractivity contribution in [1.82, 2.24) is 24.9 Å². The van der Waals surface area contributed by atoms with Gasteiger partial charge in [0.1, 0.15) is 17.4 Å². The normalized spacial score (nSPS) is 12.2. The zero-order valence-electron chi connectivity index (χ0n) is 13.6. The van der Waals surface area contributed by atoms with Crippen molar-refractivity contribution in [1.29, 1.82) is 0 Å². The van der Waals surface area contributed by atoms with Crippen molar-refractivity contribution < 1.29 is 9.72 Å². The summed E-state index contributed by atoms with van der Waals surface area (Å²) in [4.78, 5) is 22.8. The lowest BCUT2D eigenvalue weighted by molar-refractivity contribution is -0.386. The van der Waals surface area contributed by atoms with Gasteiger partial charge in [-0.25, -0.2) is 0 Å². The molecule has 2 heterocycles. The van der Waals surface area contributed by atoms with E-state index in [0.29, 0.717) is 17.9 Å². The third-order valence-corrected chi connectivity index (χ3v) is 3.69. The first-order valence-corrected chi connectivity index (χ1v) is 7.34. The fourth-order valence-corrected chi connectivity index (χ4v) is 2.41. The zero-order chi connectivity index (χ0) is 17.1. The summed E-state index contributed by atoms with van der Waals surface area (Å²) in [5.41, 5.74) is 1.52. The van der Waals surface area contributed by atoms with E-state index in [4.69, 9.17) is 0 Å². The largest absolute Gasteiger partial charge is 0.350 e. The van der Waals surface area contributed by atoms with Gasteiger partial charge in [-0.15, -0.1) is 0 Å². The van der Waals surface area contributed by atoms with Crippen LogP contribution >= 0.6 is 0 Å². The number of hydrogen-bond acceptors (Lipinski definition) is 5. The summed E-state index contributed by atoms with van der Waals surface area (Å²) in [6.45, 7) is 7.91. The number of aromatic nitrogens is 4. The molecule has 2 aromatic heterocycles. The first-order chi connectivity index (χ1) is 10.8. The lowest BCUT2D eigenvalue weighted by atomic mass is 10.2. The zero-order valence-corrected chi connectivity index (χ0v) is 13.6. The lowest BCUT2D eigenvalue weighted by Crippen LogP contribution is -2.31. The van der Waals surface area contributed by atoms with Gasteiger partial charge in [0.05, 0.1) is 11.1 Å². The van der Waals surface area contributed by atoms with E-state index in [2.05, 4.69) is 15.5 Å². The van der Waals surface area contributed by atoms with Gasteiger partial charge in [-0.3, -0.25) is 24.3 Å². The molecule has 0 saturated carbocycles. The molecule has 2 aromatic rings. The fourth-order valence-electron chi connectivity index (χ4n) is 2.41. The number of nitrogens with one attached hydrogen (secondary N) is 1. The second-order valence-corrected chi connectivity index (χ2v) is 5.32. The van der Waals surface area contributed by atoms with Crippen LogP contribution in [-0.2, 0) is 17.9 Å². The predicted octanol–water partition coefficient (Wildman–Crippen LogP) is 1.50. The van der Waals surface area contributed by atoms with E-state index in [9.17, 15) is 14.9 Å². The Labute approximate surface area is 133 Å². The first kappa shape index (κ1) is 16.7. The third kappa shape index (κ3) is 3.38. The van der Waals surface area contributed by atoms with Gasteiger partial charge in [-0.05, 0) is 27.7 Å². The Kier molecular flexibility index (Phi) is 4.77. The van der Waals surface area contributed by atoms with Crippen LogP contribution in [0.4, 0.5) is 5.69 Å². The van der Waals surface area contributed by atoms with Crippen LogP contribution in [0.1, 0.15) is 36.8 Å². The van der Waals surface area contributed by atoms with Crippen molar-refractivity contribution in [3.8, 4) is 0 Å². The number of carbonyl (C=O) groups excluding carboxylic acids is 1. The van der Waals surface area contributed by atoms with Gasteiger partial charge in [0.25, 0.3) is 0 Å². The molecule has 0 saturated heterocycles. The number of hydrogen-bond donors (Lipinski definition) is 1. The summed E-state index contributed by atoms with van der Waals surface area (Å²) in [5.74, 6) is -0.255. The Bertz CT molecular complexity index is 733. The monoisotopic (exact) mass is 320 g/mol. The molecular formula is C14H20N6O3. The molecule has 124 valence electrons. The van der Waals surface area contributed by atoms with E-state index in [1.54, 1.807) is 31.6 Å². The molecule has 9 heteroatoms. The molecule has 0 aliphatic rings. The van der Waals surface area contributed by atoms with Crippen LogP contribution < -0.4 is 5.32 Å². The molecule has 0 aromatic carbocycles. The Morgan fingerprint density at radius 3 is 2.70 bits per heavy atom. The number of rotatable bonds is 6. The number of nitrogens with zero attached hydrogens (tertiary/aromatic N) is 5. The molecule has 2 rings (SSSR count). The van der Waals surface area contributed by atoms with E-state index < -0.39 is 11.0 Å². The minimum Gasteiger partial charge on any atom is -0.350 e. The SMILES string of the molecule is CCn1cc(CNC(=O)C(C)n2nc(C)c([N+](=O)[O-])c2C)cn1. The maximum absolute atomic E-state index is 12.3. The smallest absolute Gasteiger partial charge is 0.312 e. The van der Waals surface area contributed by atoms with Gasteiger partial charge in [0, 0.05) is 24.8 Å². The highest BCUT2D eigenvalue weighted by Gasteiger charge is 2.26. The summed E-state index contributed by atoms with van der Waals surface area (Å²) in [5, 5.41) is 22.1. The molecule has 0 fully saturated rings. The molecule has 0 aliphatic heterocycles. The average Bonchev–Trinajstić information content (AvgIpc) is 3.08. The standard InChI is InChI=1S/C14H20N6O3/c1-5-18-8-12(7-16-18)6-15-14(21)11(4)19-10(3)13(20(22)23)9(2)17-19/h7-8,11H,5-6H2,1-4H3,(H,15,21). The van der Waals surface area contributed by atoms with Crippen LogP contribution in [-0.4, -0.2) is 30.4 Å². The molecule has 9 nitrogen and oxygen atoms in total. The van der Waals surface area contributed by atoms with Crippen molar-refractivity contribution in [3.05, 3.63) is 39.5 Å². The molecular weight excluding hydrogens is 300 g/mol. The van der Waals surface area contributed by atoms with E-state index in [-0.39, 0.29) is 11.6 Å². The molecule has 0 aliphatic carbocycles. The number of aryl methyl sites for hydroxylation is 2. The maximum atomic E-state index is 12.3. The summed E-state index contributed by atoms with van der Waals surface area (Å²) in [6, 6.07) is -0.636. The van der Waals surface area contributed by atoms with Crippen molar-refractivity contribution in [2.75, 3.05) is 0 Å². The van der Waals surface area contributed by atoms with E-state index in [0.717, 1.165) is 12.1 Å². The van der Waals surface area contributed by atoms with Gasteiger partial charge in [0.2, 0.25) is 5.91 Å². The molecule has 0 bridgehead atoms. The summed E-state index contributed by atoms with van der Waals surface area (Å²) in [6.07, 6.45) is 3.56. The summed E-state index contributed by atoms with van der Waals surface area (Å²) < 4.78 is 3.16. The highest BCUT2D eigenvalue weighted by atomic mass is 16.6. The van der Waals surface area contributed by atoms with Gasteiger partial charge < -0.3 is 5.32 Å². The second kappa shape index (κ2) is 6.59. The quantitative estimate of drug-likeness (QED) is 0.641.